The van der Waals surface area contributed by atoms with Crippen molar-refractivity contribution in [3.8, 4) is 22.2 Å². The second-order valence-corrected chi connectivity index (χ2v) is 10.8. The van der Waals surface area contributed by atoms with Crippen LogP contribution in [0.1, 0.15) is 44.1 Å². The third kappa shape index (κ3) is 5.98. The molecule has 0 bridgehead atoms. The molecule has 3 N–H and O–H groups in total. The average Bonchev–Trinajstić information content (AvgIpc) is 3.68. The lowest BCUT2D eigenvalue weighted by Crippen LogP contribution is -2.28. The Hall–Kier alpha value is -3.34. The van der Waals surface area contributed by atoms with Crippen molar-refractivity contribution in [3.63, 3.8) is 0 Å². The number of anilines is 3. The number of nitrogens with zero attached hydrogens (tertiary/aromatic N) is 5. The highest BCUT2D eigenvalue weighted by Gasteiger charge is 2.21. The summed E-state index contributed by atoms with van der Waals surface area (Å²) in [5, 5.41) is 26.0. The number of rotatable bonds is 8. The fraction of sp³-hybridized carbons (Fsp3) is 0.407. The molecule has 0 radical (unpaired) electrons. The van der Waals surface area contributed by atoms with Gasteiger partial charge in [0.05, 0.1) is 12.3 Å². The van der Waals surface area contributed by atoms with Gasteiger partial charge in [-0.2, -0.15) is 0 Å². The van der Waals surface area contributed by atoms with E-state index in [1.807, 2.05) is 30.3 Å². The number of likely N-dealkylation sites (tertiary alicyclic amines) is 1. The average molecular weight is 518 g/mol. The first-order valence-electron chi connectivity index (χ1n) is 13.0. The van der Waals surface area contributed by atoms with Crippen molar-refractivity contribution in [1.82, 2.24) is 25.1 Å². The van der Waals surface area contributed by atoms with Gasteiger partial charge < -0.3 is 20.2 Å². The zero-order valence-corrected chi connectivity index (χ0v) is 21.5. The van der Waals surface area contributed by atoms with Gasteiger partial charge in [-0.3, -0.25) is 4.90 Å². The SMILES string of the molecule is OC1CCC(Nc2cc(CN3CCCC3)cc(Nc3ncc(-c4nnc(-c5ccccc5)o4)s3)n2)CC1. The van der Waals surface area contributed by atoms with Crippen molar-refractivity contribution in [1.29, 1.82) is 0 Å². The van der Waals surface area contributed by atoms with E-state index in [0.29, 0.717) is 23.0 Å². The Morgan fingerprint density at radius 2 is 1.73 bits per heavy atom. The standard InChI is InChI=1S/C27H31N7O2S/c35-21-10-8-20(9-11-21)29-23-14-18(17-34-12-4-5-13-34)15-24(30-23)31-27-28-16-22(37-27)26-33-32-25(36-26)19-6-2-1-3-7-19/h1-3,6-7,14-16,20-21,35H,4-5,8-13,17H2,(H2,28,29,30,31). The maximum absolute atomic E-state index is 9.87. The molecule has 4 aromatic rings. The Balaban J connectivity index is 1.19. The van der Waals surface area contributed by atoms with E-state index in [-0.39, 0.29) is 6.10 Å². The number of aromatic nitrogens is 4. The molecule has 37 heavy (non-hydrogen) atoms. The number of hydrogen-bond acceptors (Lipinski definition) is 10. The highest BCUT2D eigenvalue weighted by molar-refractivity contribution is 7.18. The molecule has 2 fully saturated rings. The molecule has 1 saturated carbocycles. The lowest BCUT2D eigenvalue weighted by molar-refractivity contribution is 0.126. The van der Waals surface area contributed by atoms with Gasteiger partial charge in [0.25, 0.3) is 5.89 Å². The Morgan fingerprint density at radius 3 is 2.54 bits per heavy atom. The Bertz CT molecular complexity index is 1310. The van der Waals surface area contributed by atoms with Crippen molar-refractivity contribution in [2.75, 3.05) is 23.7 Å². The summed E-state index contributed by atoms with van der Waals surface area (Å²) in [4.78, 5) is 12.7. The molecule has 1 saturated heterocycles. The third-order valence-electron chi connectivity index (χ3n) is 6.94. The molecule has 6 rings (SSSR count). The summed E-state index contributed by atoms with van der Waals surface area (Å²) >= 11 is 1.45. The molecule has 192 valence electrons. The quantitative estimate of drug-likeness (QED) is 0.286. The van der Waals surface area contributed by atoms with Crippen molar-refractivity contribution < 1.29 is 9.52 Å². The van der Waals surface area contributed by atoms with Gasteiger partial charge in [0.15, 0.2) is 5.13 Å². The molecule has 3 aromatic heterocycles. The topological polar surface area (TPSA) is 112 Å². The van der Waals surface area contributed by atoms with Crippen LogP contribution in [0.2, 0.25) is 0 Å². The van der Waals surface area contributed by atoms with Crippen LogP contribution in [0.3, 0.4) is 0 Å². The van der Waals surface area contributed by atoms with Crippen molar-refractivity contribution in [2.45, 2.75) is 57.2 Å². The zero-order valence-electron chi connectivity index (χ0n) is 20.6. The summed E-state index contributed by atoms with van der Waals surface area (Å²) in [7, 11) is 0. The minimum atomic E-state index is -0.175. The molecule has 9 nitrogen and oxygen atoms in total. The lowest BCUT2D eigenvalue weighted by Gasteiger charge is -2.27. The van der Waals surface area contributed by atoms with Crippen molar-refractivity contribution in [3.05, 3.63) is 54.2 Å². The highest BCUT2D eigenvalue weighted by Crippen LogP contribution is 2.32. The molecular formula is C27H31N7O2S. The van der Waals surface area contributed by atoms with E-state index in [2.05, 4.69) is 42.8 Å². The molecule has 0 spiro atoms. The predicted octanol–water partition coefficient (Wildman–Crippen LogP) is 5.31. The van der Waals surface area contributed by atoms with Crippen LogP contribution in [0.5, 0.6) is 0 Å². The van der Waals surface area contributed by atoms with Gasteiger partial charge in [-0.05, 0) is 81.4 Å². The number of hydrogen-bond donors (Lipinski definition) is 3. The number of nitrogens with one attached hydrogen (secondary N) is 2. The van der Waals surface area contributed by atoms with E-state index < -0.39 is 0 Å². The van der Waals surface area contributed by atoms with Crippen LogP contribution in [0.25, 0.3) is 22.2 Å². The van der Waals surface area contributed by atoms with Crippen LogP contribution < -0.4 is 10.6 Å². The largest absolute Gasteiger partial charge is 0.415 e. The first-order valence-corrected chi connectivity index (χ1v) is 13.8. The van der Waals surface area contributed by atoms with Crippen LogP contribution in [-0.4, -0.2) is 55.4 Å². The number of aliphatic hydroxyl groups excluding tert-OH is 1. The maximum atomic E-state index is 9.87. The molecule has 1 aromatic carbocycles. The number of benzene rings is 1. The normalized spacial score (nSPS) is 20.2. The van der Waals surface area contributed by atoms with E-state index in [9.17, 15) is 5.11 Å². The van der Waals surface area contributed by atoms with Gasteiger partial charge in [0.1, 0.15) is 16.5 Å². The summed E-state index contributed by atoms with van der Waals surface area (Å²) < 4.78 is 5.90. The van der Waals surface area contributed by atoms with Gasteiger partial charge in [0, 0.05) is 18.2 Å². The third-order valence-corrected chi connectivity index (χ3v) is 7.84. The monoisotopic (exact) mass is 517 g/mol. The Morgan fingerprint density at radius 1 is 0.973 bits per heavy atom. The number of aliphatic hydroxyl groups is 1. The van der Waals surface area contributed by atoms with Crippen LogP contribution in [0.15, 0.2) is 53.1 Å². The molecule has 0 unspecified atom stereocenters. The van der Waals surface area contributed by atoms with Crippen molar-refractivity contribution >= 4 is 28.1 Å². The molecule has 1 aliphatic heterocycles. The van der Waals surface area contributed by atoms with E-state index >= 15 is 0 Å². The summed E-state index contributed by atoms with van der Waals surface area (Å²) in [5.74, 6) is 2.55. The molecule has 2 aliphatic rings. The molecular weight excluding hydrogens is 486 g/mol. The van der Waals surface area contributed by atoms with Gasteiger partial charge in [0.2, 0.25) is 5.89 Å². The summed E-state index contributed by atoms with van der Waals surface area (Å²) in [6, 6.07) is 14.3. The van der Waals surface area contributed by atoms with Gasteiger partial charge in [-0.25, -0.2) is 9.97 Å². The molecule has 10 heteroatoms. The van der Waals surface area contributed by atoms with Gasteiger partial charge in [-0.15, -0.1) is 10.2 Å². The molecule has 0 atom stereocenters. The minimum Gasteiger partial charge on any atom is -0.415 e. The summed E-state index contributed by atoms with van der Waals surface area (Å²) in [6.07, 6.45) is 7.66. The van der Waals surface area contributed by atoms with Crippen LogP contribution >= 0.6 is 11.3 Å². The van der Waals surface area contributed by atoms with E-state index in [1.54, 1.807) is 6.20 Å². The van der Waals surface area contributed by atoms with Gasteiger partial charge in [-0.1, -0.05) is 29.5 Å². The van der Waals surface area contributed by atoms with Crippen LogP contribution in [0.4, 0.5) is 16.8 Å². The lowest BCUT2D eigenvalue weighted by atomic mass is 9.93. The van der Waals surface area contributed by atoms with E-state index in [1.165, 1.54) is 29.7 Å². The Kier molecular flexibility index (Phi) is 7.11. The molecule has 4 heterocycles. The van der Waals surface area contributed by atoms with E-state index in [0.717, 1.165) is 67.4 Å². The first-order chi connectivity index (χ1) is 18.2. The fourth-order valence-corrected chi connectivity index (χ4v) is 5.75. The smallest absolute Gasteiger partial charge is 0.259 e. The zero-order chi connectivity index (χ0) is 25.0. The molecule has 0 amide bonds. The highest BCUT2D eigenvalue weighted by atomic mass is 32.1. The van der Waals surface area contributed by atoms with Crippen LogP contribution in [0, 0.1) is 0 Å². The van der Waals surface area contributed by atoms with E-state index in [4.69, 9.17) is 9.40 Å². The van der Waals surface area contributed by atoms with Gasteiger partial charge >= 0.3 is 0 Å². The number of thiazole rings is 1. The summed E-state index contributed by atoms with van der Waals surface area (Å²) in [6.45, 7) is 3.18. The number of pyridine rings is 1. The molecule has 1 aliphatic carbocycles. The fourth-order valence-electron chi connectivity index (χ4n) is 5.01. The second kappa shape index (κ2) is 11.0. The summed E-state index contributed by atoms with van der Waals surface area (Å²) in [5.41, 5.74) is 2.11. The minimum absolute atomic E-state index is 0.175. The Labute approximate surface area is 220 Å². The predicted molar refractivity (Wildman–Crippen MR) is 145 cm³/mol. The maximum Gasteiger partial charge on any atom is 0.259 e. The van der Waals surface area contributed by atoms with Crippen LogP contribution in [-0.2, 0) is 6.54 Å². The first kappa shape index (κ1) is 24.0. The second-order valence-electron chi connectivity index (χ2n) is 9.81. The van der Waals surface area contributed by atoms with Crippen molar-refractivity contribution in [2.24, 2.45) is 0 Å².